The molecule has 1 unspecified atom stereocenters. The van der Waals surface area contributed by atoms with E-state index in [1.54, 1.807) is 24.3 Å². The van der Waals surface area contributed by atoms with Crippen molar-refractivity contribution < 1.29 is 23.5 Å². The Morgan fingerprint density at radius 3 is 2.24 bits per heavy atom. The van der Waals surface area contributed by atoms with Crippen molar-refractivity contribution >= 4 is 40.6 Å². The first-order valence-corrected chi connectivity index (χ1v) is 12.4. The molecule has 1 heterocycles. The maximum absolute atomic E-state index is 14.0. The zero-order chi connectivity index (χ0) is 27.3. The number of benzene rings is 2. The first kappa shape index (κ1) is 27.6. The van der Waals surface area contributed by atoms with E-state index < -0.39 is 35.1 Å². The van der Waals surface area contributed by atoms with Crippen molar-refractivity contribution in [2.45, 2.75) is 45.7 Å². The summed E-state index contributed by atoms with van der Waals surface area (Å²) >= 11 is 0.708. The Morgan fingerprint density at radius 1 is 1.11 bits per heavy atom. The summed E-state index contributed by atoms with van der Waals surface area (Å²) < 4.78 is 23.3. The highest BCUT2D eigenvalue weighted by atomic mass is 32.1. The molecule has 0 radical (unpaired) electrons. The van der Waals surface area contributed by atoms with Gasteiger partial charge in [-0.2, -0.15) is 4.37 Å². The number of primary amides is 1. The van der Waals surface area contributed by atoms with Gasteiger partial charge in [0, 0.05) is 11.2 Å². The lowest BCUT2D eigenvalue weighted by Gasteiger charge is -2.34. The number of amides is 3. The molecule has 9 nitrogen and oxygen atoms in total. The summed E-state index contributed by atoms with van der Waals surface area (Å²) in [5, 5.41) is 2.98. The number of anilines is 2. The Balaban J connectivity index is 2.22. The van der Waals surface area contributed by atoms with Gasteiger partial charge in [0.2, 0.25) is 5.91 Å². The molecule has 0 saturated heterocycles. The van der Waals surface area contributed by atoms with Crippen LogP contribution in [0.1, 0.15) is 65.9 Å². The van der Waals surface area contributed by atoms with Crippen LogP contribution in [0.15, 0.2) is 48.5 Å². The molecule has 5 N–H and O–H groups in total. The molecular weight excluding hydrogens is 497 g/mol. The number of carbonyl (C=O) groups is 3. The van der Waals surface area contributed by atoms with Gasteiger partial charge in [-0.1, -0.05) is 19.1 Å². The summed E-state index contributed by atoms with van der Waals surface area (Å²) in [6.07, 6.45) is 0.621. The molecule has 0 aliphatic heterocycles. The van der Waals surface area contributed by atoms with Crippen LogP contribution in [-0.4, -0.2) is 34.2 Å². The summed E-state index contributed by atoms with van der Waals surface area (Å²) in [6, 6.07) is 10.7. The highest BCUT2D eigenvalue weighted by Crippen LogP contribution is 2.34. The van der Waals surface area contributed by atoms with Crippen LogP contribution in [-0.2, 0) is 4.79 Å². The number of nitrogens with one attached hydrogen (secondary N) is 1. The molecule has 1 atom stereocenters. The van der Waals surface area contributed by atoms with E-state index in [1.165, 1.54) is 29.2 Å². The van der Waals surface area contributed by atoms with Gasteiger partial charge < -0.3 is 21.5 Å². The first-order chi connectivity index (χ1) is 17.5. The predicted octanol–water partition coefficient (Wildman–Crippen LogP) is 4.05. The highest BCUT2D eigenvalue weighted by Gasteiger charge is 2.37. The molecule has 0 fully saturated rings. The van der Waals surface area contributed by atoms with E-state index in [-0.39, 0.29) is 16.3 Å². The second kappa shape index (κ2) is 11.4. The molecule has 0 spiro atoms. The lowest BCUT2D eigenvalue weighted by Crippen LogP contribution is -2.50. The lowest BCUT2D eigenvalue weighted by molar-refractivity contribution is -0.124. The van der Waals surface area contributed by atoms with Gasteiger partial charge in [0.1, 0.15) is 22.5 Å². The third kappa shape index (κ3) is 6.23. The van der Waals surface area contributed by atoms with Crippen LogP contribution in [0.2, 0.25) is 0 Å². The van der Waals surface area contributed by atoms with E-state index in [2.05, 4.69) is 9.69 Å². The van der Waals surface area contributed by atoms with Gasteiger partial charge in [-0.15, -0.1) is 0 Å². The molecule has 0 saturated carbocycles. The SMILES string of the molecule is CCOc1ccc(N(C(=O)c2snc(C(N)=O)c2N)C(C(=O)NC(C)(C)CC)c2ccc(F)cc2)cc1. The predicted molar refractivity (Wildman–Crippen MR) is 141 cm³/mol. The van der Waals surface area contributed by atoms with Crippen molar-refractivity contribution in [3.63, 3.8) is 0 Å². The Labute approximate surface area is 218 Å². The van der Waals surface area contributed by atoms with Crippen molar-refractivity contribution in [3.8, 4) is 5.75 Å². The van der Waals surface area contributed by atoms with Crippen molar-refractivity contribution in [2.75, 3.05) is 17.2 Å². The minimum absolute atomic E-state index is 0.0580. The Hall–Kier alpha value is -3.99. The number of hydrogen-bond donors (Lipinski definition) is 3. The van der Waals surface area contributed by atoms with Crippen LogP contribution < -0.4 is 26.4 Å². The molecule has 0 aliphatic rings. The summed E-state index contributed by atoms with van der Waals surface area (Å²) in [4.78, 5) is 40.7. The zero-order valence-electron chi connectivity index (χ0n) is 21.1. The standard InChI is InChI=1S/C26H30FN5O4S/c1-5-26(3,4)30-24(34)21(15-7-9-16(27)10-8-15)32(17-11-13-18(14-12-17)36-6-2)25(35)22-19(28)20(23(29)33)31-37-22/h7-14,21H,5-6,28H2,1-4H3,(H2,29,33)(H,30,34). The van der Waals surface area contributed by atoms with E-state index in [1.807, 2.05) is 27.7 Å². The summed E-state index contributed by atoms with van der Waals surface area (Å²) in [7, 11) is 0. The molecule has 1 aromatic heterocycles. The molecule has 0 bridgehead atoms. The van der Waals surface area contributed by atoms with E-state index in [0.717, 1.165) is 0 Å². The van der Waals surface area contributed by atoms with Gasteiger partial charge >= 0.3 is 0 Å². The monoisotopic (exact) mass is 527 g/mol. The number of nitrogen functional groups attached to an aromatic ring is 1. The van der Waals surface area contributed by atoms with Crippen LogP contribution in [0, 0.1) is 5.82 Å². The average molecular weight is 528 g/mol. The quantitative estimate of drug-likeness (QED) is 0.363. The third-order valence-electron chi connectivity index (χ3n) is 5.84. The molecule has 0 aliphatic carbocycles. The largest absolute Gasteiger partial charge is 0.494 e. The zero-order valence-corrected chi connectivity index (χ0v) is 21.9. The molecule has 11 heteroatoms. The molecule has 3 amide bonds. The van der Waals surface area contributed by atoms with Gasteiger partial charge in [0.25, 0.3) is 11.8 Å². The number of nitrogens with zero attached hydrogens (tertiary/aromatic N) is 2. The smallest absolute Gasteiger partial charge is 0.273 e. The van der Waals surface area contributed by atoms with E-state index in [4.69, 9.17) is 16.2 Å². The number of carbonyl (C=O) groups excluding carboxylic acids is 3. The van der Waals surface area contributed by atoms with Gasteiger partial charge in [-0.25, -0.2) is 4.39 Å². The average Bonchev–Trinajstić information content (AvgIpc) is 3.25. The van der Waals surface area contributed by atoms with Gasteiger partial charge in [0.15, 0.2) is 5.69 Å². The molecule has 3 aromatic rings. The fraction of sp³-hybridized carbons (Fsp3) is 0.308. The van der Waals surface area contributed by atoms with Crippen LogP contribution in [0.5, 0.6) is 5.75 Å². The van der Waals surface area contributed by atoms with Crippen molar-refractivity contribution in [1.29, 1.82) is 0 Å². The molecule has 2 aromatic carbocycles. The van der Waals surface area contributed by atoms with Gasteiger partial charge in [-0.3, -0.25) is 19.3 Å². The summed E-state index contributed by atoms with van der Waals surface area (Å²) in [5.74, 6) is -1.96. The first-order valence-electron chi connectivity index (χ1n) is 11.7. The van der Waals surface area contributed by atoms with Crippen molar-refractivity contribution in [3.05, 3.63) is 70.5 Å². The number of rotatable bonds is 10. The summed E-state index contributed by atoms with van der Waals surface area (Å²) in [6.45, 7) is 7.93. The molecular formula is C26H30FN5O4S. The Kier molecular flexibility index (Phi) is 8.49. The van der Waals surface area contributed by atoms with Crippen molar-refractivity contribution in [2.24, 2.45) is 5.73 Å². The van der Waals surface area contributed by atoms with Crippen LogP contribution in [0.4, 0.5) is 15.8 Å². The fourth-order valence-corrected chi connectivity index (χ4v) is 4.29. The Morgan fingerprint density at radius 2 is 1.73 bits per heavy atom. The topological polar surface area (TPSA) is 141 Å². The maximum atomic E-state index is 14.0. The molecule has 37 heavy (non-hydrogen) atoms. The Bertz CT molecular complexity index is 1280. The number of nitrogens with two attached hydrogens (primary N) is 2. The highest BCUT2D eigenvalue weighted by molar-refractivity contribution is 7.09. The second-order valence-electron chi connectivity index (χ2n) is 8.92. The fourth-order valence-electron chi connectivity index (χ4n) is 3.54. The normalized spacial score (nSPS) is 12.0. The minimum Gasteiger partial charge on any atom is -0.494 e. The van der Waals surface area contributed by atoms with Crippen LogP contribution >= 0.6 is 11.5 Å². The number of aromatic nitrogens is 1. The van der Waals surface area contributed by atoms with E-state index >= 15 is 0 Å². The molecule has 196 valence electrons. The number of hydrogen-bond acceptors (Lipinski definition) is 7. The van der Waals surface area contributed by atoms with E-state index in [9.17, 15) is 18.8 Å². The third-order valence-corrected chi connectivity index (χ3v) is 6.69. The van der Waals surface area contributed by atoms with E-state index in [0.29, 0.717) is 41.6 Å². The van der Waals surface area contributed by atoms with Gasteiger partial charge in [-0.05, 0) is 80.7 Å². The lowest BCUT2D eigenvalue weighted by atomic mass is 9.98. The summed E-state index contributed by atoms with van der Waals surface area (Å²) in [5.41, 5.74) is 11.1. The molecule has 3 rings (SSSR count). The van der Waals surface area contributed by atoms with Crippen LogP contribution in [0.3, 0.4) is 0 Å². The van der Waals surface area contributed by atoms with Crippen LogP contribution in [0.25, 0.3) is 0 Å². The number of halogens is 1. The van der Waals surface area contributed by atoms with Crippen molar-refractivity contribution in [1.82, 2.24) is 9.69 Å². The minimum atomic E-state index is -1.21. The maximum Gasteiger partial charge on any atom is 0.273 e. The number of ether oxygens (including phenoxy) is 1. The second-order valence-corrected chi connectivity index (χ2v) is 9.69. The van der Waals surface area contributed by atoms with Gasteiger partial charge in [0.05, 0.1) is 12.3 Å².